The van der Waals surface area contributed by atoms with E-state index in [0.717, 1.165) is 35.5 Å². The SMILES string of the molecule is CCCCCC(CC)CC(CC(CC(CC)CC)CC(CC)CC)CC(CC)c1ccccc1. The molecule has 0 heterocycles. The summed E-state index contributed by atoms with van der Waals surface area (Å²) in [6.07, 6.45) is 21.0. The standard InChI is InChI=1S/C34H62/c1-8-15-17-20-30(13-6)25-32(27-33(14-7)34-21-18-16-19-22-34)26-31(23-28(9-2)10-3)24-29(11-4)12-5/h16,18-19,21-22,28-33H,8-15,17,20,23-27H2,1-7H3. The molecule has 0 saturated carbocycles. The van der Waals surface area contributed by atoms with E-state index in [1.165, 1.54) is 96.3 Å². The van der Waals surface area contributed by atoms with Gasteiger partial charge in [-0.25, -0.2) is 0 Å². The molecule has 198 valence electrons. The first-order chi connectivity index (χ1) is 16.5. The summed E-state index contributed by atoms with van der Waals surface area (Å²) in [6, 6.07) is 11.4. The van der Waals surface area contributed by atoms with Crippen molar-refractivity contribution in [2.45, 2.75) is 151 Å². The lowest BCUT2D eigenvalue weighted by molar-refractivity contribution is 0.204. The largest absolute Gasteiger partial charge is 0.0654 e. The number of hydrogen-bond acceptors (Lipinski definition) is 0. The van der Waals surface area contributed by atoms with E-state index < -0.39 is 0 Å². The van der Waals surface area contributed by atoms with Gasteiger partial charge in [0, 0.05) is 0 Å². The van der Waals surface area contributed by atoms with Crippen LogP contribution in [0.1, 0.15) is 156 Å². The number of hydrogen-bond donors (Lipinski definition) is 0. The molecule has 3 atom stereocenters. The van der Waals surface area contributed by atoms with E-state index in [9.17, 15) is 0 Å². The summed E-state index contributed by atoms with van der Waals surface area (Å²) in [6.45, 7) is 16.9. The first-order valence-corrected chi connectivity index (χ1v) is 15.6. The van der Waals surface area contributed by atoms with Crippen LogP contribution in [-0.2, 0) is 0 Å². The van der Waals surface area contributed by atoms with Crippen LogP contribution in [0.5, 0.6) is 0 Å². The summed E-state index contributed by atoms with van der Waals surface area (Å²) in [7, 11) is 0. The van der Waals surface area contributed by atoms with Crippen molar-refractivity contribution >= 4 is 0 Å². The van der Waals surface area contributed by atoms with Gasteiger partial charge in [0.15, 0.2) is 0 Å². The van der Waals surface area contributed by atoms with Gasteiger partial charge >= 0.3 is 0 Å². The van der Waals surface area contributed by atoms with Crippen LogP contribution in [0.3, 0.4) is 0 Å². The van der Waals surface area contributed by atoms with E-state index >= 15 is 0 Å². The molecule has 0 amide bonds. The fourth-order valence-electron chi connectivity index (χ4n) is 6.54. The molecule has 0 aromatic heterocycles. The van der Waals surface area contributed by atoms with Crippen molar-refractivity contribution in [3.05, 3.63) is 35.9 Å². The second-order valence-corrected chi connectivity index (χ2v) is 11.6. The highest BCUT2D eigenvalue weighted by Gasteiger charge is 2.26. The maximum Gasteiger partial charge on any atom is -0.0162 e. The summed E-state index contributed by atoms with van der Waals surface area (Å²) in [5.41, 5.74) is 1.57. The molecule has 0 bridgehead atoms. The van der Waals surface area contributed by atoms with E-state index in [1.54, 1.807) is 5.56 Å². The summed E-state index contributed by atoms with van der Waals surface area (Å²) < 4.78 is 0. The van der Waals surface area contributed by atoms with Crippen molar-refractivity contribution in [3.63, 3.8) is 0 Å². The third-order valence-corrected chi connectivity index (χ3v) is 9.15. The van der Waals surface area contributed by atoms with Gasteiger partial charge < -0.3 is 0 Å². The molecular formula is C34H62. The Balaban J connectivity index is 3.08. The summed E-state index contributed by atoms with van der Waals surface area (Å²) in [5, 5.41) is 0. The van der Waals surface area contributed by atoms with Gasteiger partial charge in [-0.15, -0.1) is 0 Å². The third kappa shape index (κ3) is 12.3. The quantitative estimate of drug-likeness (QED) is 0.157. The maximum atomic E-state index is 2.45. The highest BCUT2D eigenvalue weighted by Crippen LogP contribution is 2.39. The minimum atomic E-state index is 0.723. The zero-order chi connectivity index (χ0) is 25.2. The Hall–Kier alpha value is -0.780. The second kappa shape index (κ2) is 19.4. The van der Waals surface area contributed by atoms with Crippen LogP contribution in [-0.4, -0.2) is 0 Å². The smallest absolute Gasteiger partial charge is 0.0162 e. The first-order valence-electron chi connectivity index (χ1n) is 15.6. The summed E-state index contributed by atoms with van der Waals surface area (Å²) >= 11 is 0. The van der Waals surface area contributed by atoms with Crippen LogP contribution in [0.4, 0.5) is 0 Å². The molecular weight excluding hydrogens is 408 g/mol. The van der Waals surface area contributed by atoms with Gasteiger partial charge in [-0.05, 0) is 79.6 Å². The number of rotatable bonds is 21. The van der Waals surface area contributed by atoms with Crippen molar-refractivity contribution in [3.8, 4) is 0 Å². The fourth-order valence-corrected chi connectivity index (χ4v) is 6.54. The average Bonchev–Trinajstić information content (AvgIpc) is 2.88. The molecule has 0 fully saturated rings. The lowest BCUT2D eigenvalue weighted by Crippen LogP contribution is -2.20. The van der Waals surface area contributed by atoms with Crippen molar-refractivity contribution in [2.75, 3.05) is 0 Å². The summed E-state index contributed by atoms with van der Waals surface area (Å²) in [5.74, 6) is 5.28. The van der Waals surface area contributed by atoms with Crippen LogP contribution < -0.4 is 0 Å². The van der Waals surface area contributed by atoms with Crippen LogP contribution in [0.2, 0.25) is 0 Å². The zero-order valence-corrected chi connectivity index (χ0v) is 24.5. The van der Waals surface area contributed by atoms with Crippen LogP contribution in [0, 0.1) is 29.6 Å². The minimum Gasteiger partial charge on any atom is -0.0654 e. The molecule has 1 rings (SSSR count). The molecule has 34 heavy (non-hydrogen) atoms. The lowest BCUT2D eigenvalue weighted by atomic mass is 9.73. The van der Waals surface area contributed by atoms with Crippen molar-refractivity contribution in [2.24, 2.45) is 29.6 Å². The Morgan fingerprint density at radius 1 is 0.471 bits per heavy atom. The molecule has 3 unspecified atom stereocenters. The topological polar surface area (TPSA) is 0 Å². The van der Waals surface area contributed by atoms with Crippen molar-refractivity contribution in [1.29, 1.82) is 0 Å². The van der Waals surface area contributed by atoms with E-state index in [-0.39, 0.29) is 0 Å². The second-order valence-electron chi connectivity index (χ2n) is 11.6. The Kier molecular flexibility index (Phi) is 17.8. The predicted octanol–water partition coefficient (Wildman–Crippen LogP) is 11.8. The molecule has 0 aliphatic carbocycles. The molecule has 0 saturated heterocycles. The van der Waals surface area contributed by atoms with Gasteiger partial charge in [0.05, 0.1) is 0 Å². The van der Waals surface area contributed by atoms with Crippen molar-refractivity contribution < 1.29 is 0 Å². The van der Waals surface area contributed by atoms with Gasteiger partial charge in [0.1, 0.15) is 0 Å². The molecule has 0 N–H and O–H groups in total. The molecule has 1 aromatic rings. The van der Waals surface area contributed by atoms with Gasteiger partial charge in [0.25, 0.3) is 0 Å². The monoisotopic (exact) mass is 470 g/mol. The number of benzene rings is 1. The first kappa shape index (κ1) is 31.3. The third-order valence-electron chi connectivity index (χ3n) is 9.15. The lowest BCUT2D eigenvalue weighted by Gasteiger charge is -2.33. The number of unbranched alkanes of at least 4 members (excludes halogenated alkanes) is 2. The molecule has 0 nitrogen and oxygen atoms in total. The maximum absolute atomic E-state index is 2.45. The molecule has 0 radical (unpaired) electrons. The predicted molar refractivity (Wildman–Crippen MR) is 156 cm³/mol. The molecule has 1 aromatic carbocycles. The highest BCUT2D eigenvalue weighted by molar-refractivity contribution is 5.19. The Bertz CT molecular complexity index is 539. The van der Waals surface area contributed by atoms with Gasteiger partial charge in [0.2, 0.25) is 0 Å². The van der Waals surface area contributed by atoms with Crippen LogP contribution in [0.15, 0.2) is 30.3 Å². The normalized spacial score (nSPS) is 14.8. The van der Waals surface area contributed by atoms with Crippen LogP contribution in [0.25, 0.3) is 0 Å². The summed E-state index contributed by atoms with van der Waals surface area (Å²) in [4.78, 5) is 0. The Morgan fingerprint density at radius 2 is 0.941 bits per heavy atom. The van der Waals surface area contributed by atoms with E-state index in [0.29, 0.717) is 0 Å². The van der Waals surface area contributed by atoms with Gasteiger partial charge in [-0.2, -0.15) is 0 Å². The Morgan fingerprint density at radius 3 is 1.41 bits per heavy atom. The average molecular weight is 471 g/mol. The van der Waals surface area contributed by atoms with Gasteiger partial charge in [-0.3, -0.25) is 0 Å². The Labute approximate surface area is 216 Å². The molecule has 0 spiro atoms. The highest BCUT2D eigenvalue weighted by atomic mass is 14.3. The zero-order valence-electron chi connectivity index (χ0n) is 24.5. The molecule has 0 aliphatic rings. The van der Waals surface area contributed by atoms with E-state index in [1.807, 2.05) is 0 Å². The van der Waals surface area contributed by atoms with Crippen molar-refractivity contribution in [1.82, 2.24) is 0 Å². The van der Waals surface area contributed by atoms with Gasteiger partial charge in [-0.1, -0.05) is 137 Å². The minimum absolute atomic E-state index is 0.723. The van der Waals surface area contributed by atoms with Crippen LogP contribution >= 0.6 is 0 Å². The molecule has 0 aliphatic heterocycles. The molecule has 0 heteroatoms. The van der Waals surface area contributed by atoms with E-state index in [2.05, 4.69) is 78.8 Å². The fraction of sp³-hybridized carbons (Fsp3) is 0.824. The van der Waals surface area contributed by atoms with E-state index in [4.69, 9.17) is 0 Å².